The van der Waals surface area contributed by atoms with E-state index in [1.807, 2.05) is 18.2 Å². The number of anilines is 2. The molecule has 4 rings (SSSR count). The summed E-state index contributed by atoms with van der Waals surface area (Å²) < 4.78 is 11.3. The minimum absolute atomic E-state index is 0.181. The molecule has 9 nitrogen and oxygen atoms in total. The number of fused-ring (bicyclic) bond motifs is 3. The highest BCUT2D eigenvalue weighted by atomic mass is 16.6. The average Bonchev–Trinajstić information content (AvgIpc) is 3.02. The standard InChI is InChI=1S/C20H20N4O5/c1-11(25)21-9-18-16-10-28-17-7-13(3-5-15(17)24(16)20(27)29-18)14-4-6-19(22-8-14)23-12(2)26/h3-8,16,18H,9-10H2,1-2H3,(H,21,25)(H,22,23,26). The molecule has 2 aliphatic rings. The number of pyridine rings is 1. The number of aromatic nitrogens is 1. The topological polar surface area (TPSA) is 110 Å². The number of nitrogens with zero attached hydrogens (tertiary/aromatic N) is 2. The van der Waals surface area contributed by atoms with Crippen molar-refractivity contribution in [3.05, 3.63) is 36.5 Å². The number of hydrogen-bond donors (Lipinski definition) is 2. The van der Waals surface area contributed by atoms with Gasteiger partial charge in [-0.15, -0.1) is 0 Å². The van der Waals surface area contributed by atoms with Gasteiger partial charge in [-0.05, 0) is 29.8 Å². The first-order valence-corrected chi connectivity index (χ1v) is 9.17. The molecule has 0 bridgehead atoms. The summed E-state index contributed by atoms with van der Waals surface area (Å²) in [5.41, 5.74) is 2.34. The van der Waals surface area contributed by atoms with Crippen LogP contribution in [0.1, 0.15) is 13.8 Å². The second kappa shape index (κ2) is 7.42. The Bertz CT molecular complexity index is 975. The maximum Gasteiger partial charge on any atom is 0.415 e. The van der Waals surface area contributed by atoms with Gasteiger partial charge in [0.25, 0.3) is 0 Å². The molecule has 0 aliphatic carbocycles. The number of cyclic esters (lactones) is 1. The van der Waals surface area contributed by atoms with Gasteiger partial charge in [0.15, 0.2) is 0 Å². The van der Waals surface area contributed by atoms with Gasteiger partial charge in [0, 0.05) is 25.6 Å². The van der Waals surface area contributed by atoms with E-state index >= 15 is 0 Å². The van der Waals surface area contributed by atoms with Crippen molar-refractivity contribution in [1.82, 2.24) is 10.3 Å². The predicted octanol–water partition coefficient (Wildman–Crippen LogP) is 1.93. The molecule has 1 aromatic carbocycles. The number of amides is 3. The van der Waals surface area contributed by atoms with Crippen LogP contribution in [-0.4, -0.2) is 48.2 Å². The smallest absolute Gasteiger partial charge is 0.415 e. The van der Waals surface area contributed by atoms with E-state index < -0.39 is 12.2 Å². The zero-order valence-corrected chi connectivity index (χ0v) is 16.0. The molecule has 0 saturated carbocycles. The van der Waals surface area contributed by atoms with Crippen molar-refractivity contribution < 1.29 is 23.9 Å². The Morgan fingerprint density at radius 3 is 2.66 bits per heavy atom. The van der Waals surface area contributed by atoms with E-state index in [1.54, 1.807) is 23.2 Å². The maximum atomic E-state index is 12.4. The van der Waals surface area contributed by atoms with Gasteiger partial charge in [-0.1, -0.05) is 6.07 Å². The highest BCUT2D eigenvalue weighted by molar-refractivity contribution is 5.94. The van der Waals surface area contributed by atoms with Gasteiger partial charge in [0.05, 0.1) is 12.2 Å². The summed E-state index contributed by atoms with van der Waals surface area (Å²) in [6.07, 6.45) is 0.736. The Hall–Kier alpha value is -3.62. The van der Waals surface area contributed by atoms with Gasteiger partial charge in [-0.25, -0.2) is 9.78 Å². The average molecular weight is 396 g/mol. The van der Waals surface area contributed by atoms with Crippen LogP contribution in [0.3, 0.4) is 0 Å². The summed E-state index contributed by atoms with van der Waals surface area (Å²) in [7, 11) is 0. The van der Waals surface area contributed by atoms with Crippen LogP contribution in [0.25, 0.3) is 11.1 Å². The number of nitrogens with one attached hydrogen (secondary N) is 2. The molecule has 29 heavy (non-hydrogen) atoms. The molecule has 3 heterocycles. The lowest BCUT2D eigenvalue weighted by atomic mass is 10.0. The normalized spacial score (nSPS) is 19.5. The van der Waals surface area contributed by atoms with Crippen LogP contribution in [0.15, 0.2) is 36.5 Å². The highest BCUT2D eigenvalue weighted by Gasteiger charge is 2.46. The predicted molar refractivity (Wildman–Crippen MR) is 105 cm³/mol. The number of carbonyl (C=O) groups excluding carboxylic acids is 3. The Labute approximate surface area is 167 Å². The fourth-order valence-electron chi connectivity index (χ4n) is 3.45. The van der Waals surface area contributed by atoms with Crippen LogP contribution in [0.5, 0.6) is 5.75 Å². The summed E-state index contributed by atoms with van der Waals surface area (Å²) in [6.45, 7) is 3.35. The quantitative estimate of drug-likeness (QED) is 0.817. The van der Waals surface area contributed by atoms with E-state index in [0.29, 0.717) is 17.3 Å². The zero-order valence-electron chi connectivity index (χ0n) is 16.0. The summed E-state index contributed by atoms with van der Waals surface area (Å²) in [5.74, 6) is 0.681. The molecule has 1 aromatic heterocycles. The van der Waals surface area contributed by atoms with Crippen molar-refractivity contribution in [2.75, 3.05) is 23.4 Å². The summed E-state index contributed by atoms with van der Waals surface area (Å²) in [6, 6.07) is 8.78. The molecule has 1 saturated heterocycles. The number of benzene rings is 1. The Morgan fingerprint density at radius 1 is 1.17 bits per heavy atom. The minimum Gasteiger partial charge on any atom is -0.489 e. The van der Waals surface area contributed by atoms with Crippen LogP contribution in [0, 0.1) is 0 Å². The zero-order chi connectivity index (χ0) is 20.5. The van der Waals surface area contributed by atoms with Gasteiger partial charge in [-0.2, -0.15) is 0 Å². The van der Waals surface area contributed by atoms with Crippen molar-refractivity contribution in [2.24, 2.45) is 0 Å². The van der Waals surface area contributed by atoms with Gasteiger partial charge in [0.1, 0.15) is 30.3 Å². The van der Waals surface area contributed by atoms with E-state index in [1.165, 1.54) is 13.8 Å². The van der Waals surface area contributed by atoms with E-state index in [0.717, 1.165) is 11.1 Å². The van der Waals surface area contributed by atoms with Crippen LogP contribution < -0.4 is 20.3 Å². The fourth-order valence-corrected chi connectivity index (χ4v) is 3.45. The Morgan fingerprint density at radius 2 is 1.97 bits per heavy atom. The number of carbonyl (C=O) groups is 3. The Kier molecular flexibility index (Phi) is 4.79. The minimum atomic E-state index is -0.468. The lowest BCUT2D eigenvalue weighted by Gasteiger charge is -2.31. The van der Waals surface area contributed by atoms with Crippen molar-refractivity contribution >= 4 is 29.4 Å². The molecule has 9 heteroatoms. The van der Waals surface area contributed by atoms with E-state index in [9.17, 15) is 14.4 Å². The molecule has 2 N–H and O–H groups in total. The molecule has 2 aliphatic heterocycles. The van der Waals surface area contributed by atoms with Gasteiger partial charge in [-0.3, -0.25) is 14.5 Å². The van der Waals surface area contributed by atoms with Crippen LogP contribution in [0.4, 0.5) is 16.3 Å². The molecule has 0 spiro atoms. The maximum absolute atomic E-state index is 12.4. The number of rotatable bonds is 4. The highest BCUT2D eigenvalue weighted by Crippen LogP contribution is 2.40. The number of ether oxygens (including phenoxy) is 2. The molecular formula is C20H20N4O5. The molecule has 2 atom stereocenters. The third-order valence-corrected chi connectivity index (χ3v) is 4.79. The summed E-state index contributed by atoms with van der Waals surface area (Å²) in [4.78, 5) is 40.5. The first kappa shape index (κ1) is 18.7. The fraction of sp³-hybridized carbons (Fsp3) is 0.300. The molecule has 1 fully saturated rings. The summed E-state index contributed by atoms with van der Waals surface area (Å²) in [5, 5.41) is 5.31. The first-order chi connectivity index (χ1) is 13.9. The molecule has 2 unspecified atom stereocenters. The second-order valence-corrected chi connectivity index (χ2v) is 6.90. The molecule has 150 valence electrons. The van der Waals surface area contributed by atoms with Gasteiger partial charge < -0.3 is 20.1 Å². The monoisotopic (exact) mass is 396 g/mol. The van der Waals surface area contributed by atoms with Crippen molar-refractivity contribution in [3.8, 4) is 16.9 Å². The van der Waals surface area contributed by atoms with Crippen LogP contribution in [0.2, 0.25) is 0 Å². The van der Waals surface area contributed by atoms with Crippen LogP contribution in [-0.2, 0) is 14.3 Å². The Balaban J connectivity index is 1.56. The first-order valence-electron chi connectivity index (χ1n) is 9.17. The lowest BCUT2D eigenvalue weighted by Crippen LogP contribution is -2.47. The molecule has 0 radical (unpaired) electrons. The number of hydrogen-bond acceptors (Lipinski definition) is 6. The van der Waals surface area contributed by atoms with Crippen molar-refractivity contribution in [1.29, 1.82) is 0 Å². The molecular weight excluding hydrogens is 376 g/mol. The van der Waals surface area contributed by atoms with E-state index in [-0.39, 0.29) is 31.0 Å². The largest absolute Gasteiger partial charge is 0.489 e. The van der Waals surface area contributed by atoms with Gasteiger partial charge in [0.2, 0.25) is 11.8 Å². The third kappa shape index (κ3) is 3.71. The van der Waals surface area contributed by atoms with Crippen molar-refractivity contribution in [2.45, 2.75) is 26.0 Å². The van der Waals surface area contributed by atoms with E-state index in [4.69, 9.17) is 9.47 Å². The SMILES string of the molecule is CC(=O)NCC1OC(=O)N2c3ccc(-c4ccc(NC(C)=O)nc4)cc3OCC12. The lowest BCUT2D eigenvalue weighted by molar-refractivity contribution is -0.119. The second-order valence-electron chi connectivity index (χ2n) is 6.90. The van der Waals surface area contributed by atoms with Crippen molar-refractivity contribution in [3.63, 3.8) is 0 Å². The van der Waals surface area contributed by atoms with E-state index in [2.05, 4.69) is 15.6 Å². The van der Waals surface area contributed by atoms with Gasteiger partial charge >= 0.3 is 6.09 Å². The summed E-state index contributed by atoms with van der Waals surface area (Å²) >= 11 is 0. The molecule has 2 aromatic rings. The third-order valence-electron chi connectivity index (χ3n) is 4.79. The van der Waals surface area contributed by atoms with Crippen LogP contribution >= 0.6 is 0 Å². The molecule has 3 amide bonds.